The molecule has 0 radical (unpaired) electrons. The Morgan fingerprint density at radius 2 is 2.08 bits per heavy atom. The predicted molar refractivity (Wildman–Crippen MR) is 94.5 cm³/mol. The summed E-state index contributed by atoms with van der Waals surface area (Å²) in [4.78, 5) is 28.5. The van der Waals surface area contributed by atoms with Gasteiger partial charge in [-0.2, -0.15) is 0 Å². The first-order valence-electron chi connectivity index (χ1n) is 7.24. The monoisotopic (exact) mass is 378 g/mol. The second-order valence-electron chi connectivity index (χ2n) is 5.20. The number of hydrogen-bond donors (Lipinski definition) is 1. The lowest BCUT2D eigenvalue weighted by atomic mass is 10.2. The Morgan fingerprint density at radius 1 is 1.28 bits per heavy atom. The first kappa shape index (κ1) is 17.3. The van der Waals surface area contributed by atoms with Crippen LogP contribution < -0.4 is 5.32 Å². The molecule has 8 heteroatoms. The molecular formula is C17H12ClFN2O3S. The third-order valence-corrected chi connectivity index (χ3v) is 4.51. The molecule has 0 saturated carbocycles. The number of hydrogen-bond acceptors (Lipinski definition) is 5. The molecule has 1 atom stereocenters. The van der Waals surface area contributed by atoms with E-state index in [4.69, 9.17) is 16.3 Å². The van der Waals surface area contributed by atoms with Crippen LogP contribution in [0, 0.1) is 5.82 Å². The molecule has 0 aliphatic carbocycles. The van der Waals surface area contributed by atoms with Gasteiger partial charge in [0.1, 0.15) is 5.82 Å². The van der Waals surface area contributed by atoms with Gasteiger partial charge in [-0.3, -0.25) is 4.79 Å². The average Bonchev–Trinajstić information content (AvgIpc) is 3.04. The number of nitrogens with zero attached hydrogens (tertiary/aromatic N) is 1. The van der Waals surface area contributed by atoms with Crippen LogP contribution in [-0.4, -0.2) is 23.0 Å². The number of aromatic nitrogens is 1. The summed E-state index contributed by atoms with van der Waals surface area (Å²) in [6, 6.07) is 8.55. The summed E-state index contributed by atoms with van der Waals surface area (Å²) in [6.45, 7) is 1.44. The van der Waals surface area contributed by atoms with E-state index in [0.717, 1.165) is 16.3 Å². The van der Waals surface area contributed by atoms with Crippen LogP contribution in [-0.2, 0) is 9.53 Å². The van der Waals surface area contributed by atoms with Crippen LogP contribution >= 0.6 is 22.9 Å². The molecule has 128 valence electrons. The van der Waals surface area contributed by atoms with E-state index in [2.05, 4.69) is 10.3 Å². The maximum absolute atomic E-state index is 13.0. The zero-order valence-corrected chi connectivity index (χ0v) is 14.5. The van der Waals surface area contributed by atoms with Crippen molar-refractivity contribution in [3.63, 3.8) is 0 Å². The molecule has 1 amide bonds. The van der Waals surface area contributed by atoms with Crippen molar-refractivity contribution in [2.45, 2.75) is 13.0 Å². The van der Waals surface area contributed by atoms with E-state index < -0.39 is 23.8 Å². The van der Waals surface area contributed by atoms with Crippen molar-refractivity contribution in [1.29, 1.82) is 0 Å². The minimum absolute atomic E-state index is 0.0579. The lowest BCUT2D eigenvalue weighted by molar-refractivity contribution is -0.123. The number of esters is 1. The Hall–Kier alpha value is -2.51. The molecule has 0 aliphatic rings. The van der Waals surface area contributed by atoms with Crippen LogP contribution in [0.4, 0.5) is 10.1 Å². The number of amides is 1. The van der Waals surface area contributed by atoms with E-state index in [1.54, 1.807) is 23.7 Å². The van der Waals surface area contributed by atoms with E-state index in [1.165, 1.54) is 30.4 Å². The smallest absolute Gasteiger partial charge is 0.338 e. The summed E-state index contributed by atoms with van der Waals surface area (Å²) < 4.78 is 19.0. The van der Waals surface area contributed by atoms with Gasteiger partial charge in [-0.25, -0.2) is 14.2 Å². The van der Waals surface area contributed by atoms with Gasteiger partial charge in [0.15, 0.2) is 6.10 Å². The van der Waals surface area contributed by atoms with Crippen LogP contribution in [0.15, 0.2) is 41.9 Å². The molecule has 3 aromatic rings. The minimum atomic E-state index is -1.05. The summed E-state index contributed by atoms with van der Waals surface area (Å²) in [5, 5.41) is 2.55. The Kier molecular flexibility index (Phi) is 4.96. The second kappa shape index (κ2) is 7.16. The van der Waals surface area contributed by atoms with Gasteiger partial charge < -0.3 is 10.1 Å². The fraction of sp³-hybridized carbons (Fsp3) is 0.118. The van der Waals surface area contributed by atoms with Gasteiger partial charge in [0.2, 0.25) is 0 Å². The van der Waals surface area contributed by atoms with Gasteiger partial charge in [-0.05, 0) is 43.3 Å². The van der Waals surface area contributed by atoms with Crippen molar-refractivity contribution in [2.75, 3.05) is 5.32 Å². The highest BCUT2D eigenvalue weighted by Gasteiger charge is 2.20. The minimum Gasteiger partial charge on any atom is -0.449 e. The van der Waals surface area contributed by atoms with Crippen molar-refractivity contribution < 1.29 is 18.7 Å². The Balaban J connectivity index is 1.66. The van der Waals surface area contributed by atoms with Crippen molar-refractivity contribution in [3.8, 4) is 0 Å². The Labute approximate surface area is 151 Å². The van der Waals surface area contributed by atoms with Gasteiger partial charge >= 0.3 is 5.97 Å². The van der Waals surface area contributed by atoms with Crippen LogP contribution in [0.3, 0.4) is 0 Å². The van der Waals surface area contributed by atoms with E-state index in [9.17, 15) is 14.0 Å². The number of fused-ring (bicyclic) bond motifs is 1. The fourth-order valence-corrected chi connectivity index (χ4v) is 3.02. The van der Waals surface area contributed by atoms with Gasteiger partial charge in [-0.15, -0.1) is 11.3 Å². The number of carbonyl (C=O) groups is 2. The molecule has 0 spiro atoms. The fourth-order valence-electron chi connectivity index (χ4n) is 2.09. The molecule has 5 nitrogen and oxygen atoms in total. The van der Waals surface area contributed by atoms with Crippen LogP contribution in [0.1, 0.15) is 17.3 Å². The van der Waals surface area contributed by atoms with Crippen LogP contribution in [0.25, 0.3) is 10.2 Å². The maximum atomic E-state index is 13.0. The highest BCUT2D eigenvalue weighted by atomic mass is 35.5. The third-order valence-electron chi connectivity index (χ3n) is 3.41. The molecule has 0 bridgehead atoms. The molecule has 3 rings (SSSR count). The van der Waals surface area contributed by atoms with Gasteiger partial charge in [0, 0.05) is 0 Å². The number of ether oxygens (including phenoxy) is 1. The zero-order valence-electron chi connectivity index (χ0n) is 13.0. The predicted octanol–water partition coefficient (Wildman–Crippen LogP) is 4.27. The molecule has 0 fully saturated rings. The van der Waals surface area contributed by atoms with Gasteiger partial charge in [0.05, 0.1) is 32.0 Å². The number of halogens is 2. The van der Waals surface area contributed by atoms with Crippen molar-refractivity contribution >= 4 is 50.7 Å². The van der Waals surface area contributed by atoms with Gasteiger partial charge in [-0.1, -0.05) is 11.6 Å². The SMILES string of the molecule is C[C@@H](OC(=O)c1ccc2ncsc2c1)C(=O)Nc1ccc(F)cc1Cl. The number of anilines is 1. The number of benzene rings is 2. The first-order chi connectivity index (χ1) is 11.9. The maximum Gasteiger partial charge on any atom is 0.338 e. The quantitative estimate of drug-likeness (QED) is 0.688. The van der Waals surface area contributed by atoms with Crippen molar-refractivity contribution in [3.05, 3.63) is 58.3 Å². The number of rotatable bonds is 4. The molecule has 0 saturated heterocycles. The normalized spacial score (nSPS) is 12.0. The van der Waals surface area contributed by atoms with E-state index in [1.807, 2.05) is 0 Å². The van der Waals surface area contributed by atoms with Crippen molar-refractivity contribution in [1.82, 2.24) is 4.98 Å². The largest absolute Gasteiger partial charge is 0.449 e. The molecule has 2 aromatic carbocycles. The van der Waals surface area contributed by atoms with Crippen LogP contribution in [0.5, 0.6) is 0 Å². The van der Waals surface area contributed by atoms with Crippen LogP contribution in [0.2, 0.25) is 5.02 Å². The Morgan fingerprint density at radius 3 is 2.84 bits per heavy atom. The van der Waals surface area contributed by atoms with Crippen molar-refractivity contribution in [2.24, 2.45) is 0 Å². The standard InChI is InChI=1S/C17H12ClFN2O3S/c1-9(16(22)21-13-5-3-11(19)7-12(13)18)24-17(23)10-2-4-14-15(6-10)25-8-20-14/h2-9H,1H3,(H,21,22)/t9-/m1/s1. The summed E-state index contributed by atoms with van der Waals surface area (Å²) in [6.07, 6.45) is -1.05. The topological polar surface area (TPSA) is 68.3 Å². The summed E-state index contributed by atoms with van der Waals surface area (Å²) in [5.41, 5.74) is 3.04. The summed E-state index contributed by atoms with van der Waals surface area (Å²) in [7, 11) is 0. The molecule has 25 heavy (non-hydrogen) atoms. The van der Waals surface area contributed by atoms with E-state index >= 15 is 0 Å². The number of nitrogens with one attached hydrogen (secondary N) is 1. The molecule has 1 heterocycles. The second-order valence-corrected chi connectivity index (χ2v) is 6.49. The Bertz CT molecular complexity index is 960. The van der Waals surface area contributed by atoms with E-state index in [0.29, 0.717) is 5.56 Å². The molecule has 1 aromatic heterocycles. The number of carbonyl (C=O) groups excluding carboxylic acids is 2. The molecular weight excluding hydrogens is 367 g/mol. The summed E-state index contributed by atoms with van der Waals surface area (Å²) in [5.74, 6) is -1.70. The van der Waals surface area contributed by atoms with E-state index in [-0.39, 0.29) is 10.7 Å². The highest BCUT2D eigenvalue weighted by molar-refractivity contribution is 7.16. The third kappa shape index (κ3) is 3.94. The molecule has 0 aliphatic heterocycles. The summed E-state index contributed by atoms with van der Waals surface area (Å²) >= 11 is 7.26. The highest BCUT2D eigenvalue weighted by Crippen LogP contribution is 2.23. The number of thiazole rings is 1. The molecule has 0 unspecified atom stereocenters. The average molecular weight is 379 g/mol. The first-order valence-corrected chi connectivity index (χ1v) is 8.50. The molecule has 1 N–H and O–H groups in total. The lowest BCUT2D eigenvalue weighted by Gasteiger charge is -2.14. The zero-order chi connectivity index (χ0) is 18.0. The van der Waals surface area contributed by atoms with Gasteiger partial charge in [0.25, 0.3) is 5.91 Å². The lowest BCUT2D eigenvalue weighted by Crippen LogP contribution is -2.30.